The molecular formula is C23H29ClN2O5. The molecule has 0 saturated carbocycles. The highest BCUT2D eigenvalue weighted by atomic mass is 35.5. The predicted octanol–water partition coefficient (Wildman–Crippen LogP) is 4.53. The number of phenolic OH excluding ortho intramolecular Hbond substituents is 1. The van der Waals surface area contributed by atoms with Crippen LogP contribution in [0.2, 0.25) is 0 Å². The van der Waals surface area contributed by atoms with Crippen LogP contribution >= 0.6 is 12.4 Å². The molecule has 0 radical (unpaired) electrons. The number of benzene rings is 2. The Labute approximate surface area is 188 Å². The summed E-state index contributed by atoms with van der Waals surface area (Å²) in [6, 6.07) is 9.50. The second-order valence-electron chi connectivity index (χ2n) is 6.86. The van der Waals surface area contributed by atoms with E-state index < -0.39 is 0 Å². The lowest BCUT2D eigenvalue weighted by Gasteiger charge is -2.12. The average Bonchev–Trinajstić information content (AvgIpc) is 3.22. The number of rotatable bonds is 10. The number of oxazole rings is 1. The Balaban J connectivity index is 0.00000341. The fourth-order valence-electron chi connectivity index (χ4n) is 3.08. The highest BCUT2D eigenvalue weighted by Gasteiger charge is 2.15. The highest BCUT2D eigenvalue weighted by molar-refractivity contribution is 5.85. The van der Waals surface area contributed by atoms with Crippen molar-refractivity contribution in [2.45, 2.75) is 26.8 Å². The van der Waals surface area contributed by atoms with Crippen LogP contribution in [-0.4, -0.2) is 37.5 Å². The van der Waals surface area contributed by atoms with E-state index in [0.29, 0.717) is 36.0 Å². The van der Waals surface area contributed by atoms with Gasteiger partial charge in [-0.1, -0.05) is 24.6 Å². The fraction of sp³-hybridized carbons (Fsp3) is 0.348. The van der Waals surface area contributed by atoms with E-state index in [1.165, 1.54) is 19.8 Å². The van der Waals surface area contributed by atoms with Crippen LogP contribution in [0.4, 0.5) is 0 Å². The molecule has 0 bridgehead atoms. The quantitative estimate of drug-likeness (QED) is 0.471. The predicted molar refractivity (Wildman–Crippen MR) is 122 cm³/mol. The van der Waals surface area contributed by atoms with Crippen molar-refractivity contribution in [2.75, 3.05) is 27.4 Å². The zero-order chi connectivity index (χ0) is 21.5. The van der Waals surface area contributed by atoms with Crippen LogP contribution in [0.1, 0.15) is 23.7 Å². The summed E-state index contributed by atoms with van der Waals surface area (Å²) in [6.45, 7) is 6.31. The molecule has 3 rings (SSSR count). The van der Waals surface area contributed by atoms with Crippen LogP contribution in [-0.2, 0) is 13.0 Å². The topological polar surface area (TPSA) is 86.0 Å². The molecule has 0 aliphatic carbocycles. The molecule has 2 N–H and O–H groups in total. The smallest absolute Gasteiger partial charge is 0.226 e. The zero-order valence-electron chi connectivity index (χ0n) is 18.2. The Kier molecular flexibility index (Phi) is 9.03. The first-order valence-electron chi connectivity index (χ1n) is 9.88. The molecule has 0 fully saturated rings. The number of aryl methyl sites for hydroxylation is 1. The zero-order valence-corrected chi connectivity index (χ0v) is 19.0. The van der Waals surface area contributed by atoms with Gasteiger partial charge in [0.05, 0.1) is 26.5 Å². The molecule has 168 valence electrons. The molecule has 0 saturated heterocycles. The molecule has 0 aliphatic heterocycles. The number of nitrogens with one attached hydrogen (secondary N) is 1. The summed E-state index contributed by atoms with van der Waals surface area (Å²) in [6.07, 6.45) is 2.21. The van der Waals surface area contributed by atoms with Crippen LogP contribution < -0.4 is 19.5 Å². The number of ether oxygens (including phenoxy) is 3. The minimum atomic E-state index is -0.0598. The molecule has 0 spiro atoms. The fourth-order valence-corrected chi connectivity index (χ4v) is 3.08. The molecule has 3 aromatic rings. The summed E-state index contributed by atoms with van der Waals surface area (Å²) in [7, 11) is 2.96. The Bertz CT molecular complexity index is 965. The largest absolute Gasteiger partial charge is 0.502 e. The number of aromatic nitrogens is 1. The summed E-state index contributed by atoms with van der Waals surface area (Å²) < 4.78 is 22.0. The first-order chi connectivity index (χ1) is 14.5. The van der Waals surface area contributed by atoms with Crippen molar-refractivity contribution in [3.05, 3.63) is 53.4 Å². The van der Waals surface area contributed by atoms with Gasteiger partial charge < -0.3 is 29.1 Å². The molecule has 1 heterocycles. The molecule has 0 atom stereocenters. The van der Waals surface area contributed by atoms with Gasteiger partial charge in [0.15, 0.2) is 11.5 Å². The first-order valence-corrected chi connectivity index (χ1v) is 9.88. The van der Waals surface area contributed by atoms with Gasteiger partial charge in [-0.3, -0.25) is 0 Å². The summed E-state index contributed by atoms with van der Waals surface area (Å²) in [5, 5.41) is 13.4. The lowest BCUT2D eigenvalue weighted by atomic mass is 10.1. The van der Waals surface area contributed by atoms with E-state index in [2.05, 4.69) is 30.2 Å². The minimum absolute atomic E-state index is 0. The van der Waals surface area contributed by atoms with Gasteiger partial charge >= 0.3 is 0 Å². The van der Waals surface area contributed by atoms with E-state index in [9.17, 15) is 5.11 Å². The third kappa shape index (κ3) is 6.06. The van der Waals surface area contributed by atoms with E-state index in [-0.39, 0.29) is 18.2 Å². The third-order valence-electron chi connectivity index (χ3n) is 4.68. The van der Waals surface area contributed by atoms with E-state index in [1.807, 2.05) is 12.1 Å². The lowest BCUT2D eigenvalue weighted by Crippen LogP contribution is -2.13. The molecule has 31 heavy (non-hydrogen) atoms. The van der Waals surface area contributed by atoms with Crippen molar-refractivity contribution >= 4 is 12.4 Å². The standard InChI is InChI=1S/C23H28N2O5.ClH/c1-5-24-13-17-10-15(2)6-7-19(17)29-9-8-18-14-30-23(25-18)16-11-20(27-3)22(26)21(12-16)28-4;/h6-7,10-12,14,24,26H,5,8-9,13H2,1-4H3;1H. The van der Waals surface area contributed by atoms with Gasteiger partial charge in [-0.25, -0.2) is 4.98 Å². The van der Waals surface area contributed by atoms with Crippen molar-refractivity contribution in [1.82, 2.24) is 10.3 Å². The van der Waals surface area contributed by atoms with E-state index in [1.54, 1.807) is 18.4 Å². The van der Waals surface area contributed by atoms with Gasteiger partial charge in [-0.2, -0.15) is 0 Å². The molecule has 1 aromatic heterocycles. The summed E-state index contributed by atoms with van der Waals surface area (Å²) >= 11 is 0. The van der Waals surface area contributed by atoms with E-state index >= 15 is 0 Å². The molecule has 8 heteroatoms. The minimum Gasteiger partial charge on any atom is -0.502 e. The normalized spacial score (nSPS) is 10.5. The number of phenols is 1. The van der Waals surface area contributed by atoms with Gasteiger partial charge in [0.25, 0.3) is 0 Å². The van der Waals surface area contributed by atoms with Gasteiger partial charge in [-0.05, 0) is 31.7 Å². The van der Waals surface area contributed by atoms with Crippen LogP contribution in [0.3, 0.4) is 0 Å². The number of hydrogen-bond donors (Lipinski definition) is 2. The number of nitrogens with zero attached hydrogens (tertiary/aromatic N) is 1. The Hall–Kier alpha value is -2.90. The number of methoxy groups -OCH3 is 2. The summed E-state index contributed by atoms with van der Waals surface area (Å²) in [4.78, 5) is 4.53. The molecular weight excluding hydrogens is 420 g/mol. The van der Waals surface area contributed by atoms with Gasteiger partial charge in [0.1, 0.15) is 12.0 Å². The number of hydrogen-bond acceptors (Lipinski definition) is 7. The Morgan fingerprint density at radius 3 is 2.42 bits per heavy atom. The van der Waals surface area contributed by atoms with Gasteiger partial charge in [0, 0.05) is 24.1 Å². The molecule has 0 aliphatic rings. The van der Waals surface area contributed by atoms with E-state index in [4.69, 9.17) is 18.6 Å². The highest BCUT2D eigenvalue weighted by Crippen LogP contribution is 2.40. The summed E-state index contributed by atoms with van der Waals surface area (Å²) in [5.74, 6) is 1.82. The second-order valence-corrected chi connectivity index (χ2v) is 6.86. The van der Waals surface area contributed by atoms with Gasteiger partial charge in [0.2, 0.25) is 11.6 Å². The maximum Gasteiger partial charge on any atom is 0.226 e. The van der Waals surface area contributed by atoms with Crippen molar-refractivity contribution < 1.29 is 23.7 Å². The maximum absolute atomic E-state index is 10.1. The molecule has 2 aromatic carbocycles. The lowest BCUT2D eigenvalue weighted by molar-refractivity contribution is 0.316. The Morgan fingerprint density at radius 2 is 1.77 bits per heavy atom. The monoisotopic (exact) mass is 448 g/mol. The molecule has 0 amide bonds. The Morgan fingerprint density at radius 1 is 1.06 bits per heavy atom. The van der Waals surface area contributed by atoms with Crippen LogP contribution in [0, 0.1) is 6.92 Å². The van der Waals surface area contributed by atoms with Crippen molar-refractivity contribution in [3.63, 3.8) is 0 Å². The van der Waals surface area contributed by atoms with Crippen molar-refractivity contribution in [1.29, 1.82) is 0 Å². The SMILES string of the molecule is CCNCc1cc(C)ccc1OCCc1coc(-c2cc(OC)c(O)c(OC)c2)n1.Cl. The first kappa shape index (κ1) is 24.4. The number of aromatic hydroxyl groups is 1. The van der Waals surface area contributed by atoms with Crippen LogP contribution in [0.5, 0.6) is 23.0 Å². The van der Waals surface area contributed by atoms with Crippen LogP contribution in [0.15, 0.2) is 41.0 Å². The second kappa shape index (κ2) is 11.5. The van der Waals surface area contributed by atoms with Gasteiger partial charge in [-0.15, -0.1) is 12.4 Å². The van der Waals surface area contributed by atoms with Crippen molar-refractivity contribution in [2.24, 2.45) is 0 Å². The number of halogens is 1. The third-order valence-corrected chi connectivity index (χ3v) is 4.68. The van der Waals surface area contributed by atoms with E-state index in [0.717, 1.165) is 30.1 Å². The molecule has 7 nitrogen and oxygen atoms in total. The van der Waals surface area contributed by atoms with Crippen LogP contribution in [0.25, 0.3) is 11.5 Å². The van der Waals surface area contributed by atoms with Crippen molar-refractivity contribution in [3.8, 4) is 34.5 Å². The summed E-state index contributed by atoms with van der Waals surface area (Å²) in [5.41, 5.74) is 3.77. The molecule has 0 unspecified atom stereocenters. The maximum atomic E-state index is 10.1. The average molecular weight is 449 g/mol.